The number of aryl methyl sites for hydroxylation is 1. The van der Waals surface area contributed by atoms with Crippen molar-refractivity contribution in [2.75, 3.05) is 0 Å². The molecule has 2 aromatic heterocycles. The number of halogens is 2. The van der Waals surface area contributed by atoms with Gasteiger partial charge in [0.05, 0.1) is 14.0 Å². The van der Waals surface area contributed by atoms with Crippen molar-refractivity contribution in [1.29, 1.82) is 0 Å². The van der Waals surface area contributed by atoms with Crippen LogP contribution in [0.25, 0.3) is 10.2 Å². The Balaban J connectivity index is 1.62. The van der Waals surface area contributed by atoms with Crippen molar-refractivity contribution in [3.8, 4) is 0 Å². The number of thiophene rings is 1. The van der Waals surface area contributed by atoms with E-state index < -0.39 is 0 Å². The number of nitrogens with one attached hydrogen (secondary N) is 1. The van der Waals surface area contributed by atoms with Crippen LogP contribution in [-0.2, 0) is 13.1 Å². The monoisotopic (exact) mass is 456 g/mol. The Bertz CT molecular complexity index is 1150. The molecule has 0 atom stereocenters. The first-order chi connectivity index (χ1) is 13.5. The zero-order valence-electron chi connectivity index (χ0n) is 15.2. The molecular formula is C22H18BrFN2OS. The first-order valence-corrected chi connectivity index (χ1v) is 10.5. The van der Waals surface area contributed by atoms with Gasteiger partial charge in [-0.15, -0.1) is 11.3 Å². The van der Waals surface area contributed by atoms with Gasteiger partial charge in [-0.05, 0) is 58.2 Å². The number of aromatic nitrogens is 1. The number of nitrogens with zero attached hydrogens (tertiary/aromatic N) is 1. The van der Waals surface area contributed by atoms with Crippen LogP contribution in [-0.4, -0.2) is 10.5 Å². The largest absolute Gasteiger partial charge is 0.347 e. The minimum atomic E-state index is -0.284. The summed E-state index contributed by atoms with van der Waals surface area (Å²) in [5.41, 5.74) is 4.85. The summed E-state index contributed by atoms with van der Waals surface area (Å²) in [6, 6.07) is 18.4. The van der Waals surface area contributed by atoms with Crippen molar-refractivity contribution in [3.05, 3.63) is 92.7 Å². The lowest BCUT2D eigenvalue weighted by atomic mass is 10.1. The van der Waals surface area contributed by atoms with Crippen molar-refractivity contribution in [2.24, 2.45) is 0 Å². The summed E-state index contributed by atoms with van der Waals surface area (Å²) in [6.07, 6.45) is 0. The van der Waals surface area contributed by atoms with Crippen LogP contribution in [0, 0.1) is 12.7 Å². The van der Waals surface area contributed by atoms with Crippen LogP contribution < -0.4 is 5.32 Å². The van der Waals surface area contributed by atoms with Gasteiger partial charge in [-0.25, -0.2) is 4.39 Å². The molecule has 0 unspecified atom stereocenters. The van der Waals surface area contributed by atoms with Gasteiger partial charge in [0.25, 0.3) is 5.91 Å². The molecular weight excluding hydrogens is 439 g/mol. The molecule has 142 valence electrons. The molecule has 1 N–H and O–H groups in total. The third-order valence-electron chi connectivity index (χ3n) is 4.58. The second-order valence-corrected chi connectivity index (χ2v) is 9.18. The average molecular weight is 457 g/mol. The molecule has 0 fully saturated rings. The number of carbonyl (C=O) groups excluding carboxylic acids is 1. The second kappa shape index (κ2) is 7.89. The lowest BCUT2D eigenvalue weighted by Crippen LogP contribution is -2.25. The van der Waals surface area contributed by atoms with E-state index in [1.165, 1.54) is 17.7 Å². The summed E-state index contributed by atoms with van der Waals surface area (Å²) >= 11 is 5.15. The normalized spacial score (nSPS) is 11.1. The molecule has 28 heavy (non-hydrogen) atoms. The van der Waals surface area contributed by atoms with Crippen molar-refractivity contribution >= 4 is 43.4 Å². The molecule has 2 heterocycles. The van der Waals surface area contributed by atoms with E-state index in [1.54, 1.807) is 23.5 Å². The van der Waals surface area contributed by atoms with Gasteiger partial charge in [0, 0.05) is 13.1 Å². The third kappa shape index (κ3) is 4.03. The summed E-state index contributed by atoms with van der Waals surface area (Å²) in [4.78, 5) is 12.9. The fraction of sp³-hybridized carbons (Fsp3) is 0.136. The molecule has 0 bridgehead atoms. The fourth-order valence-corrected chi connectivity index (χ4v) is 4.80. The Morgan fingerprint density at radius 2 is 1.89 bits per heavy atom. The average Bonchev–Trinajstić information content (AvgIpc) is 3.18. The molecule has 6 heteroatoms. The number of amides is 1. The smallest absolute Gasteiger partial charge is 0.268 e. The SMILES string of the molecule is Cc1cccc(Cn2c(C(=O)NCc3ccc(F)cc3)cc3sc(Br)cc32)c1. The first-order valence-electron chi connectivity index (χ1n) is 8.86. The van der Waals surface area contributed by atoms with E-state index in [4.69, 9.17) is 0 Å². The van der Waals surface area contributed by atoms with Gasteiger partial charge in [-0.1, -0.05) is 42.0 Å². The van der Waals surface area contributed by atoms with E-state index in [0.717, 1.165) is 25.1 Å². The van der Waals surface area contributed by atoms with E-state index in [1.807, 2.05) is 22.8 Å². The molecule has 0 aliphatic rings. The highest BCUT2D eigenvalue weighted by Crippen LogP contribution is 2.33. The molecule has 2 aromatic carbocycles. The zero-order chi connectivity index (χ0) is 19.7. The van der Waals surface area contributed by atoms with Crippen molar-refractivity contribution < 1.29 is 9.18 Å². The Kier molecular flexibility index (Phi) is 5.33. The zero-order valence-corrected chi connectivity index (χ0v) is 17.6. The van der Waals surface area contributed by atoms with Gasteiger partial charge in [0.1, 0.15) is 11.5 Å². The van der Waals surface area contributed by atoms with Crippen molar-refractivity contribution in [2.45, 2.75) is 20.0 Å². The number of carbonyl (C=O) groups is 1. The molecule has 1 amide bonds. The predicted molar refractivity (Wildman–Crippen MR) is 115 cm³/mol. The standard InChI is InChI=1S/C22H18BrFN2OS/c1-14-3-2-4-16(9-14)13-26-18-11-21(23)28-20(18)10-19(26)22(27)25-12-15-5-7-17(24)8-6-15/h2-11H,12-13H2,1H3,(H,25,27). The highest BCUT2D eigenvalue weighted by atomic mass is 79.9. The highest BCUT2D eigenvalue weighted by molar-refractivity contribution is 9.11. The Hall–Kier alpha value is -2.44. The molecule has 4 aromatic rings. The Labute approximate surface area is 174 Å². The lowest BCUT2D eigenvalue weighted by molar-refractivity contribution is 0.0942. The minimum Gasteiger partial charge on any atom is -0.347 e. The maximum atomic E-state index is 13.1. The number of rotatable bonds is 5. The number of hydrogen-bond donors (Lipinski definition) is 1. The summed E-state index contributed by atoms with van der Waals surface area (Å²) in [5, 5.41) is 2.95. The number of hydrogen-bond acceptors (Lipinski definition) is 2. The van der Waals surface area contributed by atoms with E-state index in [-0.39, 0.29) is 11.7 Å². The van der Waals surface area contributed by atoms with Crippen molar-refractivity contribution in [3.63, 3.8) is 0 Å². The molecule has 0 radical (unpaired) electrons. The van der Waals surface area contributed by atoms with Crippen LogP contribution in [0.15, 0.2) is 64.5 Å². The second-order valence-electron chi connectivity index (χ2n) is 6.71. The van der Waals surface area contributed by atoms with Crippen LogP contribution in [0.2, 0.25) is 0 Å². The molecule has 0 aliphatic carbocycles. The molecule has 0 saturated heterocycles. The highest BCUT2D eigenvalue weighted by Gasteiger charge is 2.18. The van der Waals surface area contributed by atoms with Gasteiger partial charge >= 0.3 is 0 Å². The van der Waals surface area contributed by atoms with Crippen LogP contribution >= 0.6 is 27.3 Å². The van der Waals surface area contributed by atoms with E-state index in [9.17, 15) is 9.18 Å². The maximum absolute atomic E-state index is 13.1. The van der Waals surface area contributed by atoms with Crippen LogP contribution in [0.5, 0.6) is 0 Å². The minimum absolute atomic E-state index is 0.142. The maximum Gasteiger partial charge on any atom is 0.268 e. The topological polar surface area (TPSA) is 34.0 Å². The van der Waals surface area contributed by atoms with Gasteiger partial charge in [0.15, 0.2) is 0 Å². The quantitative estimate of drug-likeness (QED) is 0.398. The van der Waals surface area contributed by atoms with Crippen LogP contribution in [0.4, 0.5) is 4.39 Å². The van der Waals surface area contributed by atoms with Crippen molar-refractivity contribution in [1.82, 2.24) is 9.88 Å². The summed E-state index contributed by atoms with van der Waals surface area (Å²) in [6.45, 7) is 3.03. The summed E-state index contributed by atoms with van der Waals surface area (Å²) in [7, 11) is 0. The fourth-order valence-electron chi connectivity index (χ4n) is 3.24. The molecule has 3 nitrogen and oxygen atoms in total. The molecule has 0 saturated carbocycles. The number of fused-ring (bicyclic) bond motifs is 1. The van der Waals surface area contributed by atoms with Gasteiger partial charge < -0.3 is 9.88 Å². The van der Waals surface area contributed by atoms with Gasteiger partial charge in [-0.2, -0.15) is 0 Å². The summed E-state index contributed by atoms with van der Waals surface area (Å²) < 4.78 is 17.2. The first kappa shape index (κ1) is 18.9. The molecule has 0 spiro atoms. The Morgan fingerprint density at radius 1 is 1.11 bits per heavy atom. The Morgan fingerprint density at radius 3 is 2.64 bits per heavy atom. The van der Waals surface area contributed by atoms with E-state index in [2.05, 4.69) is 46.4 Å². The van der Waals surface area contributed by atoms with Gasteiger partial charge in [0.2, 0.25) is 0 Å². The lowest BCUT2D eigenvalue weighted by Gasteiger charge is -2.12. The van der Waals surface area contributed by atoms with E-state index in [0.29, 0.717) is 18.8 Å². The van der Waals surface area contributed by atoms with E-state index >= 15 is 0 Å². The molecule has 0 aliphatic heterocycles. The van der Waals surface area contributed by atoms with Crippen LogP contribution in [0.1, 0.15) is 27.2 Å². The third-order valence-corrected chi connectivity index (χ3v) is 6.16. The van der Waals surface area contributed by atoms with Gasteiger partial charge in [-0.3, -0.25) is 4.79 Å². The number of benzene rings is 2. The summed E-state index contributed by atoms with van der Waals surface area (Å²) in [5.74, 6) is -0.426. The molecule has 4 rings (SSSR count). The predicted octanol–water partition coefficient (Wildman–Crippen LogP) is 5.89. The van der Waals surface area contributed by atoms with Crippen LogP contribution in [0.3, 0.4) is 0 Å².